The number of nitrogens with one attached hydrogen (secondary N) is 1. The summed E-state index contributed by atoms with van der Waals surface area (Å²) in [7, 11) is 0. The molecule has 2 aromatic rings. The molecule has 1 aliphatic carbocycles. The van der Waals surface area contributed by atoms with E-state index in [1.54, 1.807) is 10.7 Å². The molecular weight excluding hydrogens is 318 g/mol. The number of imidazole rings is 1. The SMILES string of the molecule is Clc1nc(OC2CCCC2)n2nc(NC3CCOCC3)ncc12. The molecule has 124 valence electrons. The van der Waals surface area contributed by atoms with Crippen LogP contribution in [0.1, 0.15) is 38.5 Å². The Labute approximate surface area is 139 Å². The van der Waals surface area contributed by atoms with Crippen LogP contribution in [0.5, 0.6) is 6.01 Å². The number of nitrogens with zero attached hydrogens (tertiary/aromatic N) is 4. The second-order valence-electron chi connectivity index (χ2n) is 6.12. The van der Waals surface area contributed by atoms with Gasteiger partial charge in [0.05, 0.1) is 6.20 Å². The number of fused-ring (bicyclic) bond motifs is 1. The van der Waals surface area contributed by atoms with Crippen molar-refractivity contribution < 1.29 is 9.47 Å². The lowest BCUT2D eigenvalue weighted by Gasteiger charge is -2.22. The highest BCUT2D eigenvalue weighted by Gasteiger charge is 2.22. The molecular formula is C15H20ClN5O2. The average Bonchev–Trinajstić information content (AvgIpc) is 3.18. The number of halogens is 1. The second kappa shape index (κ2) is 6.49. The van der Waals surface area contributed by atoms with Crippen LogP contribution in [0, 0.1) is 0 Å². The maximum atomic E-state index is 6.18. The highest BCUT2D eigenvalue weighted by molar-refractivity contribution is 6.32. The van der Waals surface area contributed by atoms with Gasteiger partial charge >= 0.3 is 6.01 Å². The summed E-state index contributed by atoms with van der Waals surface area (Å²) in [6.45, 7) is 1.54. The summed E-state index contributed by atoms with van der Waals surface area (Å²) in [6.07, 6.45) is 8.33. The number of aromatic nitrogens is 4. The van der Waals surface area contributed by atoms with Crippen LogP contribution in [0.2, 0.25) is 5.15 Å². The molecule has 7 nitrogen and oxygen atoms in total. The van der Waals surface area contributed by atoms with Crippen molar-refractivity contribution in [3.8, 4) is 6.01 Å². The molecule has 2 fully saturated rings. The summed E-state index contributed by atoms with van der Waals surface area (Å²) in [5.41, 5.74) is 0.664. The molecule has 4 rings (SSSR count). The van der Waals surface area contributed by atoms with E-state index in [2.05, 4.69) is 20.4 Å². The van der Waals surface area contributed by atoms with Gasteiger partial charge in [-0.2, -0.15) is 9.50 Å². The Bertz CT molecular complexity index is 680. The standard InChI is InChI=1S/C15H20ClN5O2/c16-13-12-9-17-14(18-10-5-7-22-8-6-10)20-21(12)15(19-13)23-11-3-1-2-4-11/h9-11H,1-8H2,(H,18,20). The van der Waals surface area contributed by atoms with Crippen molar-refractivity contribution in [2.75, 3.05) is 18.5 Å². The van der Waals surface area contributed by atoms with Gasteiger partial charge in [0.25, 0.3) is 0 Å². The molecule has 0 atom stereocenters. The molecule has 0 radical (unpaired) electrons. The lowest BCUT2D eigenvalue weighted by atomic mass is 10.1. The Kier molecular flexibility index (Phi) is 4.22. The normalized spacial score (nSPS) is 20.2. The number of ether oxygens (including phenoxy) is 2. The van der Waals surface area contributed by atoms with Gasteiger partial charge in [0.15, 0.2) is 5.15 Å². The zero-order valence-corrected chi connectivity index (χ0v) is 13.6. The van der Waals surface area contributed by atoms with Crippen LogP contribution < -0.4 is 10.1 Å². The molecule has 0 bridgehead atoms. The molecule has 0 amide bonds. The third-order valence-electron chi connectivity index (χ3n) is 4.45. The third-order valence-corrected chi connectivity index (χ3v) is 4.73. The van der Waals surface area contributed by atoms with E-state index in [0.29, 0.717) is 28.7 Å². The summed E-state index contributed by atoms with van der Waals surface area (Å²) in [6, 6.07) is 0.786. The van der Waals surface area contributed by atoms with Crippen molar-refractivity contribution in [1.82, 2.24) is 19.6 Å². The summed E-state index contributed by atoms with van der Waals surface area (Å²) < 4.78 is 13.0. The van der Waals surface area contributed by atoms with E-state index in [0.717, 1.165) is 38.9 Å². The minimum absolute atomic E-state index is 0.207. The summed E-state index contributed by atoms with van der Waals surface area (Å²) in [5.74, 6) is 0.565. The quantitative estimate of drug-likeness (QED) is 0.924. The van der Waals surface area contributed by atoms with Crippen molar-refractivity contribution in [3.63, 3.8) is 0 Å². The summed E-state index contributed by atoms with van der Waals surface area (Å²) in [5, 5.41) is 8.24. The summed E-state index contributed by atoms with van der Waals surface area (Å²) >= 11 is 6.18. The molecule has 2 aliphatic rings. The van der Waals surface area contributed by atoms with Gasteiger partial charge in [-0.15, -0.1) is 5.10 Å². The Morgan fingerprint density at radius 1 is 1.22 bits per heavy atom. The number of hydrogen-bond donors (Lipinski definition) is 1. The fraction of sp³-hybridized carbons (Fsp3) is 0.667. The lowest BCUT2D eigenvalue weighted by molar-refractivity contribution is 0.0902. The van der Waals surface area contributed by atoms with Gasteiger partial charge in [-0.25, -0.2) is 4.98 Å². The Balaban J connectivity index is 1.57. The molecule has 0 spiro atoms. The van der Waals surface area contributed by atoms with Gasteiger partial charge in [-0.3, -0.25) is 0 Å². The van der Waals surface area contributed by atoms with E-state index >= 15 is 0 Å². The second-order valence-corrected chi connectivity index (χ2v) is 6.48. The van der Waals surface area contributed by atoms with Gasteiger partial charge in [-0.1, -0.05) is 11.6 Å². The first-order valence-electron chi connectivity index (χ1n) is 8.22. The van der Waals surface area contributed by atoms with Gasteiger partial charge in [0, 0.05) is 19.3 Å². The van der Waals surface area contributed by atoms with Gasteiger partial charge in [-0.05, 0) is 38.5 Å². The molecule has 1 saturated heterocycles. The van der Waals surface area contributed by atoms with Crippen LogP contribution >= 0.6 is 11.6 Å². The lowest BCUT2D eigenvalue weighted by Crippen LogP contribution is -2.29. The molecule has 0 unspecified atom stereocenters. The van der Waals surface area contributed by atoms with E-state index in [-0.39, 0.29) is 6.10 Å². The fourth-order valence-electron chi connectivity index (χ4n) is 3.15. The van der Waals surface area contributed by atoms with Gasteiger partial charge in [0.1, 0.15) is 11.6 Å². The molecule has 8 heteroatoms. The first-order chi connectivity index (χ1) is 11.3. The maximum absolute atomic E-state index is 6.18. The minimum Gasteiger partial charge on any atom is -0.460 e. The van der Waals surface area contributed by atoms with Crippen molar-refractivity contribution >= 4 is 23.1 Å². The third kappa shape index (κ3) is 3.21. The Morgan fingerprint density at radius 2 is 2.00 bits per heavy atom. The highest BCUT2D eigenvalue weighted by Crippen LogP contribution is 2.27. The molecule has 1 aliphatic heterocycles. The van der Waals surface area contributed by atoms with Crippen molar-refractivity contribution in [3.05, 3.63) is 11.3 Å². The molecule has 23 heavy (non-hydrogen) atoms. The van der Waals surface area contributed by atoms with E-state index in [4.69, 9.17) is 21.1 Å². The molecule has 0 aromatic carbocycles. The zero-order valence-electron chi connectivity index (χ0n) is 12.9. The van der Waals surface area contributed by atoms with Crippen molar-refractivity contribution in [2.45, 2.75) is 50.7 Å². The fourth-order valence-corrected chi connectivity index (χ4v) is 3.35. The number of rotatable bonds is 4. The van der Waals surface area contributed by atoms with Crippen LogP contribution in [0.4, 0.5) is 5.95 Å². The molecule has 1 N–H and O–H groups in total. The zero-order chi connectivity index (χ0) is 15.6. The average molecular weight is 338 g/mol. The van der Waals surface area contributed by atoms with Crippen LogP contribution in [-0.2, 0) is 4.74 Å². The molecule has 2 aromatic heterocycles. The van der Waals surface area contributed by atoms with Crippen LogP contribution in [-0.4, -0.2) is 44.9 Å². The Morgan fingerprint density at radius 3 is 2.78 bits per heavy atom. The predicted octanol–water partition coefficient (Wildman–Crippen LogP) is 2.69. The molecule has 1 saturated carbocycles. The minimum atomic E-state index is 0.207. The van der Waals surface area contributed by atoms with Crippen LogP contribution in [0.15, 0.2) is 6.20 Å². The predicted molar refractivity (Wildman–Crippen MR) is 86.1 cm³/mol. The topological polar surface area (TPSA) is 73.6 Å². The number of anilines is 1. The van der Waals surface area contributed by atoms with Crippen LogP contribution in [0.3, 0.4) is 0 Å². The highest BCUT2D eigenvalue weighted by atomic mass is 35.5. The smallest absolute Gasteiger partial charge is 0.320 e. The Hall–Kier alpha value is -1.60. The van der Waals surface area contributed by atoms with E-state index < -0.39 is 0 Å². The maximum Gasteiger partial charge on any atom is 0.320 e. The first-order valence-corrected chi connectivity index (χ1v) is 8.59. The van der Waals surface area contributed by atoms with Crippen molar-refractivity contribution in [2.24, 2.45) is 0 Å². The van der Waals surface area contributed by atoms with Crippen molar-refractivity contribution in [1.29, 1.82) is 0 Å². The summed E-state index contributed by atoms with van der Waals surface area (Å²) in [4.78, 5) is 8.64. The number of hydrogen-bond acceptors (Lipinski definition) is 6. The monoisotopic (exact) mass is 337 g/mol. The van der Waals surface area contributed by atoms with E-state index in [9.17, 15) is 0 Å². The van der Waals surface area contributed by atoms with Gasteiger partial charge in [0.2, 0.25) is 5.95 Å². The van der Waals surface area contributed by atoms with Crippen LogP contribution in [0.25, 0.3) is 5.52 Å². The van der Waals surface area contributed by atoms with Gasteiger partial charge < -0.3 is 14.8 Å². The largest absolute Gasteiger partial charge is 0.460 e. The van der Waals surface area contributed by atoms with E-state index in [1.807, 2.05) is 0 Å². The first kappa shape index (κ1) is 15.0. The molecule has 3 heterocycles. The van der Waals surface area contributed by atoms with E-state index in [1.165, 1.54) is 12.8 Å².